The van der Waals surface area contributed by atoms with Crippen molar-refractivity contribution >= 4 is 45.2 Å². The Labute approximate surface area is 192 Å². The maximum Gasteiger partial charge on any atom is 0.303 e. The molecule has 6 aliphatic rings. The van der Waals surface area contributed by atoms with Crippen molar-refractivity contribution in [3.8, 4) is 0 Å². The summed E-state index contributed by atoms with van der Waals surface area (Å²) in [6.07, 6.45) is -2.22. The number of carbonyl (C=O) groups is 4. The van der Waals surface area contributed by atoms with Crippen LogP contribution in [0.3, 0.4) is 0 Å². The number of hydrogen-bond donors (Lipinski definition) is 2. The summed E-state index contributed by atoms with van der Waals surface area (Å²) in [5.74, 6) is -1.94. The van der Waals surface area contributed by atoms with E-state index in [1.807, 2.05) is 0 Å². The number of piperazine rings is 1. The zero-order chi connectivity index (χ0) is 23.6. The molecule has 176 valence electrons. The Morgan fingerprint density at radius 3 is 2.44 bits per heavy atom. The Hall–Kier alpha value is -1.34. The van der Waals surface area contributed by atoms with Crippen LogP contribution in [-0.2, 0) is 28.7 Å². The lowest BCUT2D eigenvalue weighted by atomic mass is 9.76. The highest BCUT2D eigenvalue weighted by Gasteiger charge is 2.84. The first-order valence-electron chi connectivity index (χ1n) is 10.5. The summed E-state index contributed by atoms with van der Waals surface area (Å²) in [7, 11) is 3.67. The van der Waals surface area contributed by atoms with Crippen LogP contribution in [0.2, 0.25) is 0 Å². The summed E-state index contributed by atoms with van der Waals surface area (Å²) in [4.78, 5) is 52.4. The lowest BCUT2D eigenvalue weighted by Crippen LogP contribution is -2.77. The summed E-state index contributed by atoms with van der Waals surface area (Å²) in [5.41, 5.74) is -4.41. The summed E-state index contributed by atoms with van der Waals surface area (Å²) in [5, 5.41) is 22.1. The maximum atomic E-state index is 13.7. The van der Waals surface area contributed by atoms with Crippen molar-refractivity contribution in [1.29, 1.82) is 0 Å². The molecule has 10 nitrogen and oxygen atoms in total. The third-order valence-electron chi connectivity index (χ3n) is 8.10. The number of ether oxygens (including phenoxy) is 2. The molecule has 1 aliphatic carbocycles. The minimum absolute atomic E-state index is 0.106. The van der Waals surface area contributed by atoms with Crippen molar-refractivity contribution in [3.05, 3.63) is 0 Å². The second-order valence-electron chi connectivity index (χ2n) is 10.0. The molecule has 2 bridgehead atoms. The van der Waals surface area contributed by atoms with Gasteiger partial charge in [-0.25, -0.2) is 0 Å². The van der Waals surface area contributed by atoms with Crippen LogP contribution >= 0.6 is 21.6 Å². The first kappa shape index (κ1) is 22.5. The molecule has 0 aromatic heterocycles. The van der Waals surface area contributed by atoms with Crippen LogP contribution in [0.4, 0.5) is 0 Å². The zero-order valence-corrected chi connectivity index (χ0v) is 20.0. The minimum Gasteiger partial charge on any atom is -0.456 e. The summed E-state index contributed by atoms with van der Waals surface area (Å²) < 4.78 is 11.7. The van der Waals surface area contributed by atoms with Gasteiger partial charge in [0.15, 0.2) is 22.4 Å². The maximum absolute atomic E-state index is 13.7. The number of amides is 2. The van der Waals surface area contributed by atoms with Crippen molar-refractivity contribution in [2.45, 2.75) is 79.7 Å². The lowest BCUT2D eigenvalue weighted by molar-refractivity contribution is -0.189. The monoisotopic (exact) mass is 486 g/mol. The van der Waals surface area contributed by atoms with Crippen molar-refractivity contribution in [3.63, 3.8) is 0 Å². The third-order valence-corrected chi connectivity index (χ3v) is 11.7. The molecule has 0 unspecified atom stereocenters. The Morgan fingerprint density at radius 2 is 1.91 bits per heavy atom. The van der Waals surface area contributed by atoms with Gasteiger partial charge in [-0.15, -0.1) is 0 Å². The van der Waals surface area contributed by atoms with Gasteiger partial charge in [0.1, 0.15) is 5.60 Å². The van der Waals surface area contributed by atoms with E-state index < -0.39 is 69.0 Å². The van der Waals surface area contributed by atoms with E-state index in [-0.39, 0.29) is 18.6 Å². The predicted molar refractivity (Wildman–Crippen MR) is 113 cm³/mol. The molecular formula is C20H26N2O8S2. The van der Waals surface area contributed by atoms with E-state index in [1.165, 1.54) is 23.8 Å². The van der Waals surface area contributed by atoms with Gasteiger partial charge >= 0.3 is 5.97 Å². The zero-order valence-electron chi connectivity index (χ0n) is 18.4. The average molecular weight is 487 g/mol. The van der Waals surface area contributed by atoms with Crippen molar-refractivity contribution in [2.75, 3.05) is 13.7 Å². The van der Waals surface area contributed by atoms with E-state index in [4.69, 9.17) is 9.47 Å². The van der Waals surface area contributed by atoms with Gasteiger partial charge < -0.3 is 29.5 Å². The fourth-order valence-corrected chi connectivity index (χ4v) is 9.75. The highest BCUT2D eigenvalue weighted by molar-refractivity contribution is 8.78. The van der Waals surface area contributed by atoms with Crippen LogP contribution < -0.4 is 0 Å². The lowest BCUT2D eigenvalue weighted by Gasteiger charge is -2.58. The average Bonchev–Trinajstić information content (AvgIpc) is 3.17. The highest BCUT2D eigenvalue weighted by Crippen LogP contribution is 2.69. The van der Waals surface area contributed by atoms with Crippen LogP contribution in [0.15, 0.2) is 0 Å². The van der Waals surface area contributed by atoms with E-state index in [0.717, 1.165) is 21.6 Å². The molecule has 5 saturated heterocycles. The smallest absolute Gasteiger partial charge is 0.303 e. The van der Waals surface area contributed by atoms with Gasteiger partial charge in [0.25, 0.3) is 11.8 Å². The van der Waals surface area contributed by atoms with E-state index in [9.17, 15) is 29.4 Å². The number of esters is 1. The van der Waals surface area contributed by atoms with Gasteiger partial charge in [-0.2, -0.15) is 0 Å². The van der Waals surface area contributed by atoms with E-state index >= 15 is 0 Å². The molecule has 2 N–H and O–H groups in total. The number of aliphatic hydroxyl groups is 2. The van der Waals surface area contributed by atoms with Gasteiger partial charge in [-0.05, 0) is 17.7 Å². The Kier molecular flexibility index (Phi) is 4.35. The highest BCUT2D eigenvalue weighted by atomic mass is 33.1. The molecule has 5 aliphatic heterocycles. The number of carbonyl (C=O) groups excluding carboxylic acids is 4. The molecule has 32 heavy (non-hydrogen) atoms. The van der Waals surface area contributed by atoms with Crippen molar-refractivity contribution in [2.24, 2.45) is 5.41 Å². The number of likely N-dealkylation sites (N-methyl/N-ethyl adjacent to an activating group) is 1. The Balaban J connectivity index is 1.67. The molecule has 0 aromatic rings. The SMILES string of the molecule is CC(=O)O[C@H]1[C@]2(O)C[C@]34SS[C@](CO)(C(=O)N3[C@@H]2C[C@]12O[C@H](C)C(C)(C)C2=O)N(C)C4=O. The van der Waals surface area contributed by atoms with Gasteiger partial charge in [-0.1, -0.05) is 24.6 Å². The standard InChI is InChI=1S/C20H26N2O8S2/c1-9-16(3,4)12(25)18(30-9)6-11-17(28,13(18)29-10(2)24)7-19-14(26)21(5)20(8-23,32-31-19)15(27)22(11)19/h9,11,13,23,28H,6-8H2,1-5H3/t9-,11-,13+,17+,18-,19-,20-/m1/s1. The topological polar surface area (TPSA) is 134 Å². The van der Waals surface area contributed by atoms with Gasteiger partial charge in [0, 0.05) is 26.8 Å². The molecule has 2 spiro atoms. The van der Waals surface area contributed by atoms with E-state index in [0.29, 0.717) is 0 Å². The number of hydrogen-bond acceptors (Lipinski definition) is 10. The molecular weight excluding hydrogens is 460 g/mol. The quantitative estimate of drug-likeness (QED) is 0.394. The number of aliphatic hydroxyl groups excluding tert-OH is 1. The van der Waals surface area contributed by atoms with Gasteiger partial charge in [0.2, 0.25) is 4.87 Å². The van der Waals surface area contributed by atoms with Crippen LogP contribution in [0.1, 0.15) is 40.5 Å². The molecule has 0 radical (unpaired) electrons. The molecule has 1 saturated carbocycles. The molecule has 6 rings (SSSR count). The van der Waals surface area contributed by atoms with Crippen molar-refractivity contribution < 1.29 is 38.9 Å². The Morgan fingerprint density at radius 1 is 1.25 bits per heavy atom. The molecule has 2 amide bonds. The van der Waals surface area contributed by atoms with Crippen LogP contribution in [0.25, 0.3) is 0 Å². The fourth-order valence-electron chi connectivity index (χ4n) is 6.10. The van der Waals surface area contributed by atoms with E-state index in [1.54, 1.807) is 20.8 Å². The summed E-state index contributed by atoms with van der Waals surface area (Å²) in [6, 6.07) is -0.999. The predicted octanol–water partition coefficient (Wildman–Crippen LogP) is -0.341. The molecule has 7 atom stereocenters. The van der Waals surface area contributed by atoms with Crippen LogP contribution in [0.5, 0.6) is 0 Å². The number of nitrogens with zero attached hydrogens (tertiary/aromatic N) is 2. The normalized spacial score (nSPS) is 48.6. The molecule has 0 aromatic carbocycles. The molecule has 6 fully saturated rings. The minimum atomic E-state index is -1.88. The fraction of sp³-hybridized carbons (Fsp3) is 0.800. The second-order valence-corrected chi connectivity index (χ2v) is 12.7. The van der Waals surface area contributed by atoms with Gasteiger partial charge in [-0.3, -0.25) is 19.2 Å². The second kappa shape index (κ2) is 6.21. The third kappa shape index (κ3) is 2.16. The summed E-state index contributed by atoms with van der Waals surface area (Å²) in [6.45, 7) is 5.80. The first-order chi connectivity index (χ1) is 14.7. The number of rotatable bonds is 2. The molecule has 5 heterocycles. The van der Waals surface area contributed by atoms with Gasteiger partial charge in [0.05, 0.1) is 24.2 Å². The van der Waals surface area contributed by atoms with Crippen LogP contribution in [-0.4, -0.2) is 96.4 Å². The molecule has 12 heteroatoms. The largest absolute Gasteiger partial charge is 0.456 e. The van der Waals surface area contributed by atoms with E-state index in [2.05, 4.69) is 0 Å². The van der Waals surface area contributed by atoms with Crippen molar-refractivity contribution in [1.82, 2.24) is 9.80 Å². The number of ketones is 1. The Bertz CT molecular complexity index is 975. The number of Topliss-reactive ketones (excluding diaryl/α,β-unsaturated/α-hetero) is 1. The summed E-state index contributed by atoms with van der Waals surface area (Å²) >= 11 is 0. The number of fused-ring (bicyclic) bond motifs is 3. The first-order valence-corrected chi connectivity index (χ1v) is 12.6. The van der Waals surface area contributed by atoms with Crippen LogP contribution in [0, 0.1) is 5.41 Å².